The number of amidine groups is 1. The second kappa shape index (κ2) is 6.34. The Balaban J connectivity index is 1.98. The number of thioether (sulfide) groups is 1. The minimum atomic E-state index is -0.0471. The summed E-state index contributed by atoms with van der Waals surface area (Å²) in [6.45, 7) is 3.47. The minimum Gasteiger partial charge on any atom is -0.308 e. The summed E-state index contributed by atoms with van der Waals surface area (Å²) in [6.07, 6.45) is 10.4. The van der Waals surface area contributed by atoms with Gasteiger partial charge in [0.05, 0.1) is 10.9 Å². The average Bonchev–Trinajstić information content (AvgIpc) is 2.65. The number of hydrogen-bond donors (Lipinski definition) is 1. The third kappa shape index (κ3) is 3.32. The molecule has 0 radical (unpaired) electrons. The van der Waals surface area contributed by atoms with Crippen LogP contribution in [0.15, 0.2) is 47.3 Å². The van der Waals surface area contributed by atoms with E-state index in [0.29, 0.717) is 17.3 Å². The summed E-state index contributed by atoms with van der Waals surface area (Å²) in [4.78, 5) is 30.7. The molecule has 5 nitrogen and oxygen atoms in total. The number of carbonyl (C=O) groups excluding carboxylic acids is 2. The lowest BCUT2D eigenvalue weighted by molar-refractivity contribution is -0.108. The smallest absolute Gasteiger partial charge is 0.213 e. The molecule has 3 rings (SSSR count). The van der Waals surface area contributed by atoms with Crippen LogP contribution in [0.25, 0.3) is 5.57 Å². The first-order valence-corrected chi connectivity index (χ1v) is 8.00. The van der Waals surface area contributed by atoms with E-state index in [9.17, 15) is 9.59 Å². The summed E-state index contributed by atoms with van der Waals surface area (Å²) >= 11 is 1.48. The van der Waals surface area contributed by atoms with E-state index >= 15 is 0 Å². The maximum Gasteiger partial charge on any atom is 0.213 e. The van der Waals surface area contributed by atoms with Crippen molar-refractivity contribution in [1.29, 1.82) is 0 Å². The highest BCUT2D eigenvalue weighted by molar-refractivity contribution is 8.14. The molecular weight excluding hydrogens is 310 g/mol. The van der Waals surface area contributed by atoms with Gasteiger partial charge in [0.1, 0.15) is 5.69 Å². The topological polar surface area (TPSA) is 71.4 Å². The summed E-state index contributed by atoms with van der Waals surface area (Å²) < 4.78 is 0. The molecule has 2 aliphatic rings. The lowest BCUT2D eigenvalue weighted by Crippen LogP contribution is -2.22. The normalized spacial score (nSPS) is 19.2. The van der Waals surface area contributed by atoms with Gasteiger partial charge in [0.25, 0.3) is 0 Å². The molecule has 0 spiro atoms. The first-order chi connectivity index (χ1) is 11.1. The fourth-order valence-corrected chi connectivity index (χ4v) is 3.32. The van der Waals surface area contributed by atoms with Crippen molar-refractivity contribution < 1.29 is 9.59 Å². The highest BCUT2D eigenvalue weighted by atomic mass is 32.2. The molecule has 0 fully saturated rings. The largest absolute Gasteiger partial charge is 0.308 e. The Morgan fingerprint density at radius 1 is 1.43 bits per heavy atom. The predicted molar refractivity (Wildman–Crippen MR) is 92.2 cm³/mol. The van der Waals surface area contributed by atoms with E-state index in [1.54, 1.807) is 12.3 Å². The quantitative estimate of drug-likeness (QED) is 0.685. The number of aromatic nitrogens is 1. The average molecular weight is 325 g/mol. The lowest BCUT2D eigenvalue weighted by Gasteiger charge is -2.14. The van der Waals surface area contributed by atoms with Gasteiger partial charge in [-0.2, -0.15) is 0 Å². The second-order valence-electron chi connectivity index (χ2n) is 5.25. The van der Waals surface area contributed by atoms with Gasteiger partial charge >= 0.3 is 0 Å². The summed E-state index contributed by atoms with van der Waals surface area (Å²) in [5.41, 5.74) is 4.20. The lowest BCUT2D eigenvalue weighted by atomic mass is 10.0. The Kier molecular flexibility index (Phi) is 4.25. The van der Waals surface area contributed by atoms with Gasteiger partial charge < -0.3 is 5.32 Å². The van der Waals surface area contributed by atoms with Crippen molar-refractivity contribution in [3.63, 3.8) is 0 Å². The number of hydrogen-bond acceptors (Lipinski definition) is 5. The van der Waals surface area contributed by atoms with E-state index in [4.69, 9.17) is 0 Å². The number of carbonyl (C=O) groups is 2. The van der Waals surface area contributed by atoms with Crippen LogP contribution in [0, 0.1) is 6.92 Å². The molecule has 1 aliphatic heterocycles. The van der Waals surface area contributed by atoms with Crippen molar-refractivity contribution in [3.05, 3.63) is 59.1 Å². The highest BCUT2D eigenvalue weighted by Crippen LogP contribution is 2.31. The Labute approximate surface area is 138 Å². The SMILES string of the molecule is CC(=O)c1cc(C)c(C2=CC3=CC(C=C2)SC(NC=O)=N3)cn1. The number of ketones is 1. The molecule has 2 bridgehead atoms. The molecule has 1 aromatic rings. The summed E-state index contributed by atoms with van der Waals surface area (Å²) in [5, 5.41) is 3.32. The molecule has 1 atom stereocenters. The number of nitrogens with one attached hydrogen (secondary N) is 1. The molecular formula is C17H15N3O2S. The molecule has 1 N–H and O–H groups in total. The number of aryl methyl sites for hydroxylation is 1. The van der Waals surface area contributed by atoms with E-state index in [-0.39, 0.29) is 11.0 Å². The van der Waals surface area contributed by atoms with Gasteiger partial charge in [-0.05, 0) is 36.3 Å². The molecule has 23 heavy (non-hydrogen) atoms. The Morgan fingerprint density at radius 2 is 2.26 bits per heavy atom. The Bertz CT molecular complexity index is 806. The summed E-state index contributed by atoms with van der Waals surface area (Å²) in [6, 6.07) is 1.80. The van der Waals surface area contributed by atoms with Crippen molar-refractivity contribution in [1.82, 2.24) is 10.3 Å². The van der Waals surface area contributed by atoms with Crippen LogP contribution in [0.4, 0.5) is 0 Å². The molecule has 0 saturated carbocycles. The number of Topliss-reactive ketones (excluding diaryl/α,β-unsaturated/α-hetero) is 1. The third-order valence-corrected chi connectivity index (χ3v) is 4.54. The molecule has 116 valence electrons. The zero-order valence-corrected chi connectivity index (χ0v) is 13.6. The maximum atomic E-state index is 11.4. The van der Waals surface area contributed by atoms with Crippen LogP contribution in [0.5, 0.6) is 0 Å². The van der Waals surface area contributed by atoms with Crippen molar-refractivity contribution in [2.45, 2.75) is 19.1 Å². The number of aliphatic imine (C=N–C) groups is 1. The van der Waals surface area contributed by atoms with Crippen LogP contribution >= 0.6 is 11.8 Å². The Morgan fingerprint density at radius 3 is 2.96 bits per heavy atom. The number of fused-ring (bicyclic) bond motifs is 1. The first kappa shape index (κ1) is 15.4. The number of rotatable bonds is 3. The molecule has 0 aromatic carbocycles. The van der Waals surface area contributed by atoms with Crippen molar-refractivity contribution >= 4 is 34.7 Å². The van der Waals surface area contributed by atoms with Crippen LogP contribution < -0.4 is 5.32 Å². The zero-order chi connectivity index (χ0) is 16.4. The number of pyridine rings is 1. The van der Waals surface area contributed by atoms with Crippen LogP contribution in [0.1, 0.15) is 28.5 Å². The van der Waals surface area contributed by atoms with Crippen molar-refractivity contribution in [2.24, 2.45) is 4.99 Å². The predicted octanol–water partition coefficient (Wildman–Crippen LogP) is 2.65. The maximum absolute atomic E-state index is 11.4. The number of nitrogens with zero attached hydrogens (tertiary/aromatic N) is 2. The summed E-state index contributed by atoms with van der Waals surface area (Å²) in [7, 11) is 0. The second-order valence-corrected chi connectivity index (χ2v) is 6.42. The number of amides is 1. The van der Waals surface area contributed by atoms with E-state index in [1.807, 2.05) is 25.2 Å². The van der Waals surface area contributed by atoms with Crippen LogP contribution in [-0.2, 0) is 4.79 Å². The van der Waals surface area contributed by atoms with E-state index in [1.165, 1.54) is 18.7 Å². The van der Waals surface area contributed by atoms with Gasteiger partial charge in [-0.15, -0.1) is 0 Å². The van der Waals surface area contributed by atoms with Gasteiger partial charge in [0.2, 0.25) is 6.41 Å². The van der Waals surface area contributed by atoms with Gasteiger partial charge in [-0.25, -0.2) is 4.99 Å². The number of allylic oxidation sites excluding steroid dienone is 3. The minimum absolute atomic E-state index is 0.0471. The van der Waals surface area contributed by atoms with Crippen LogP contribution in [0.3, 0.4) is 0 Å². The van der Waals surface area contributed by atoms with E-state index < -0.39 is 0 Å². The zero-order valence-electron chi connectivity index (χ0n) is 12.7. The van der Waals surface area contributed by atoms with Crippen LogP contribution in [-0.4, -0.2) is 27.6 Å². The molecule has 1 aliphatic carbocycles. The van der Waals surface area contributed by atoms with E-state index in [2.05, 4.69) is 21.4 Å². The van der Waals surface area contributed by atoms with Gasteiger partial charge in [-0.3, -0.25) is 14.6 Å². The highest BCUT2D eigenvalue weighted by Gasteiger charge is 2.18. The molecule has 1 amide bonds. The van der Waals surface area contributed by atoms with Crippen LogP contribution in [0.2, 0.25) is 0 Å². The fraction of sp³-hybridized carbons (Fsp3) is 0.176. The van der Waals surface area contributed by atoms with Crippen molar-refractivity contribution in [3.8, 4) is 0 Å². The van der Waals surface area contributed by atoms with Gasteiger partial charge in [-0.1, -0.05) is 23.9 Å². The summed E-state index contributed by atoms with van der Waals surface area (Å²) in [5.74, 6) is -0.0471. The fourth-order valence-electron chi connectivity index (χ4n) is 2.43. The molecule has 0 saturated heterocycles. The van der Waals surface area contributed by atoms with E-state index in [0.717, 1.165) is 22.4 Å². The Hall–Kier alpha value is -2.47. The van der Waals surface area contributed by atoms with Crippen molar-refractivity contribution in [2.75, 3.05) is 0 Å². The molecule has 6 heteroatoms. The monoisotopic (exact) mass is 325 g/mol. The molecule has 1 aromatic heterocycles. The van der Waals surface area contributed by atoms with Gasteiger partial charge in [0, 0.05) is 18.7 Å². The van der Waals surface area contributed by atoms with Gasteiger partial charge in [0.15, 0.2) is 11.0 Å². The molecule has 2 heterocycles. The third-order valence-electron chi connectivity index (χ3n) is 3.55. The standard InChI is InChI=1S/C17H15N3O2S/c1-10-5-16(11(2)22)18-8-15(10)12-3-4-14-7-13(6-12)20-17(23-14)19-9-21/h3-9,14H,1-2H3,(H,19,20,21). The molecule has 1 unspecified atom stereocenters. The first-order valence-electron chi connectivity index (χ1n) is 7.12.